The molecule has 5 nitrogen and oxygen atoms in total. The van der Waals surface area contributed by atoms with E-state index < -0.39 is 21.6 Å². The summed E-state index contributed by atoms with van der Waals surface area (Å²) >= 11 is 0. The van der Waals surface area contributed by atoms with Gasteiger partial charge in [0.05, 0.1) is 12.4 Å². The lowest BCUT2D eigenvalue weighted by Crippen LogP contribution is -2.30. The van der Waals surface area contributed by atoms with E-state index in [0.29, 0.717) is 0 Å². The zero-order valence-corrected chi connectivity index (χ0v) is 13.8. The van der Waals surface area contributed by atoms with Crippen molar-refractivity contribution in [3.8, 4) is 0 Å². The molecule has 1 aromatic rings. The molecule has 21 heavy (non-hydrogen) atoms. The Balaban J connectivity index is 2.91. The van der Waals surface area contributed by atoms with Gasteiger partial charge in [-0.2, -0.15) is 0 Å². The lowest BCUT2D eigenvalue weighted by Gasteiger charge is -2.19. The van der Waals surface area contributed by atoms with E-state index in [2.05, 4.69) is 5.32 Å². The van der Waals surface area contributed by atoms with Gasteiger partial charge in [0, 0.05) is 6.04 Å². The average Bonchev–Trinajstić information content (AvgIpc) is 2.38. The Labute approximate surface area is 126 Å². The van der Waals surface area contributed by atoms with Crippen molar-refractivity contribution < 1.29 is 17.9 Å². The molecule has 0 radical (unpaired) electrons. The van der Waals surface area contributed by atoms with Crippen LogP contribution in [-0.2, 0) is 19.4 Å². The van der Waals surface area contributed by atoms with Crippen molar-refractivity contribution in [2.75, 3.05) is 25.2 Å². The number of esters is 1. The van der Waals surface area contributed by atoms with E-state index in [9.17, 15) is 13.2 Å². The third-order valence-electron chi connectivity index (χ3n) is 3.22. The van der Waals surface area contributed by atoms with E-state index in [1.807, 2.05) is 32.0 Å². The van der Waals surface area contributed by atoms with Gasteiger partial charge in [0.2, 0.25) is 0 Å². The van der Waals surface area contributed by atoms with Crippen LogP contribution in [0.4, 0.5) is 0 Å². The predicted octanol–water partition coefficient (Wildman–Crippen LogP) is 1.54. The van der Waals surface area contributed by atoms with Crippen LogP contribution in [0.25, 0.3) is 0 Å². The fourth-order valence-corrected chi connectivity index (χ4v) is 3.57. The molecule has 1 N–H and O–H groups in total. The lowest BCUT2D eigenvalue weighted by molar-refractivity contribution is -0.139. The van der Waals surface area contributed by atoms with Crippen molar-refractivity contribution in [3.05, 3.63) is 34.9 Å². The number of nitrogens with one attached hydrogen (secondary N) is 1. The Kier molecular flexibility index (Phi) is 6.36. The molecule has 0 fully saturated rings. The third-order valence-corrected chi connectivity index (χ3v) is 4.74. The van der Waals surface area contributed by atoms with Gasteiger partial charge in [-0.15, -0.1) is 0 Å². The number of ether oxygens (including phenoxy) is 1. The van der Waals surface area contributed by atoms with Gasteiger partial charge < -0.3 is 10.1 Å². The standard InChI is InChI=1S/C15H23NO4S/c1-5-20-15(17)10-21(18,19)9-14(16-4)13-8-11(2)6-7-12(13)3/h6-8,14,16H,5,9-10H2,1-4H3. The van der Waals surface area contributed by atoms with Gasteiger partial charge in [0.25, 0.3) is 0 Å². The zero-order chi connectivity index (χ0) is 16.0. The van der Waals surface area contributed by atoms with Crippen molar-refractivity contribution in [2.45, 2.75) is 26.8 Å². The molecule has 0 aliphatic carbocycles. The Hall–Kier alpha value is -1.40. The fraction of sp³-hybridized carbons (Fsp3) is 0.533. The highest BCUT2D eigenvalue weighted by Gasteiger charge is 2.24. The first-order valence-corrected chi connectivity index (χ1v) is 8.71. The molecule has 0 amide bonds. The molecule has 0 aromatic heterocycles. The molecule has 1 atom stereocenters. The smallest absolute Gasteiger partial charge is 0.321 e. The SMILES string of the molecule is CCOC(=O)CS(=O)(=O)CC(NC)c1cc(C)ccc1C. The Morgan fingerprint density at radius 2 is 2.00 bits per heavy atom. The molecular formula is C15H23NO4S. The van der Waals surface area contributed by atoms with Crippen LogP contribution < -0.4 is 5.32 Å². The number of hydrogen-bond acceptors (Lipinski definition) is 5. The second kappa shape index (κ2) is 7.56. The first-order valence-electron chi connectivity index (χ1n) is 6.89. The van der Waals surface area contributed by atoms with Crippen LogP contribution >= 0.6 is 0 Å². The first kappa shape index (κ1) is 17.7. The molecule has 0 aliphatic rings. The monoisotopic (exact) mass is 313 g/mol. The summed E-state index contributed by atoms with van der Waals surface area (Å²) in [6, 6.07) is 5.58. The summed E-state index contributed by atoms with van der Waals surface area (Å²) in [5, 5.41) is 3.02. The predicted molar refractivity (Wildman–Crippen MR) is 83.0 cm³/mol. The van der Waals surface area contributed by atoms with Gasteiger partial charge >= 0.3 is 5.97 Å². The minimum Gasteiger partial charge on any atom is -0.465 e. The van der Waals surface area contributed by atoms with E-state index in [4.69, 9.17) is 4.74 Å². The van der Waals surface area contributed by atoms with Gasteiger partial charge in [-0.1, -0.05) is 23.8 Å². The fourth-order valence-electron chi connectivity index (χ4n) is 2.16. The summed E-state index contributed by atoms with van der Waals surface area (Å²) in [7, 11) is -1.81. The normalized spacial score (nSPS) is 13.0. The van der Waals surface area contributed by atoms with Gasteiger partial charge in [0.15, 0.2) is 9.84 Å². The number of sulfone groups is 1. The summed E-state index contributed by atoms with van der Waals surface area (Å²) in [4.78, 5) is 11.4. The Morgan fingerprint density at radius 1 is 1.33 bits per heavy atom. The summed E-state index contributed by atoms with van der Waals surface area (Å²) in [6.07, 6.45) is 0. The van der Waals surface area contributed by atoms with E-state index in [-0.39, 0.29) is 18.4 Å². The maximum Gasteiger partial charge on any atom is 0.321 e. The maximum atomic E-state index is 12.1. The van der Waals surface area contributed by atoms with Gasteiger partial charge in [0.1, 0.15) is 5.75 Å². The van der Waals surface area contributed by atoms with Crippen LogP contribution in [0.5, 0.6) is 0 Å². The van der Waals surface area contributed by atoms with Crippen LogP contribution in [0.2, 0.25) is 0 Å². The number of hydrogen-bond donors (Lipinski definition) is 1. The Morgan fingerprint density at radius 3 is 2.57 bits per heavy atom. The van der Waals surface area contributed by atoms with Crippen LogP contribution in [0.1, 0.15) is 29.7 Å². The van der Waals surface area contributed by atoms with Gasteiger partial charge in [-0.05, 0) is 38.9 Å². The van der Waals surface area contributed by atoms with Crippen LogP contribution in [0.15, 0.2) is 18.2 Å². The number of benzene rings is 1. The third kappa shape index (κ3) is 5.47. The Bertz CT molecular complexity index is 596. The molecule has 1 unspecified atom stereocenters. The van der Waals surface area contributed by atoms with Gasteiger partial charge in [-0.3, -0.25) is 4.79 Å². The van der Waals surface area contributed by atoms with E-state index in [1.165, 1.54) is 0 Å². The molecule has 0 spiro atoms. The van der Waals surface area contributed by atoms with Crippen molar-refractivity contribution in [1.82, 2.24) is 5.32 Å². The molecule has 0 bridgehead atoms. The molecule has 0 heterocycles. The molecule has 118 valence electrons. The molecule has 1 aromatic carbocycles. The highest BCUT2D eigenvalue weighted by Crippen LogP contribution is 2.21. The maximum absolute atomic E-state index is 12.1. The molecule has 6 heteroatoms. The minimum absolute atomic E-state index is 0.132. The quantitative estimate of drug-likeness (QED) is 0.773. The molecular weight excluding hydrogens is 290 g/mol. The molecule has 1 rings (SSSR count). The van der Waals surface area contributed by atoms with Crippen LogP contribution in [0, 0.1) is 13.8 Å². The minimum atomic E-state index is -3.53. The number of carbonyl (C=O) groups excluding carboxylic acids is 1. The van der Waals surface area contributed by atoms with Gasteiger partial charge in [-0.25, -0.2) is 8.42 Å². The second-order valence-electron chi connectivity index (χ2n) is 5.06. The summed E-state index contributed by atoms with van der Waals surface area (Å²) in [5.74, 6) is -1.41. The second-order valence-corrected chi connectivity index (χ2v) is 7.17. The average molecular weight is 313 g/mol. The van der Waals surface area contributed by atoms with E-state index in [1.54, 1.807) is 14.0 Å². The van der Waals surface area contributed by atoms with Crippen molar-refractivity contribution in [3.63, 3.8) is 0 Å². The first-order chi connectivity index (χ1) is 9.79. The summed E-state index contributed by atoms with van der Waals surface area (Å²) in [5.41, 5.74) is 3.02. The van der Waals surface area contributed by atoms with Crippen LogP contribution in [-0.4, -0.2) is 39.5 Å². The number of carbonyl (C=O) groups is 1. The molecule has 0 saturated heterocycles. The largest absolute Gasteiger partial charge is 0.465 e. The summed E-state index contributed by atoms with van der Waals surface area (Å²) < 4.78 is 28.9. The highest BCUT2D eigenvalue weighted by molar-refractivity contribution is 7.92. The van der Waals surface area contributed by atoms with E-state index in [0.717, 1.165) is 16.7 Å². The highest BCUT2D eigenvalue weighted by atomic mass is 32.2. The van der Waals surface area contributed by atoms with E-state index >= 15 is 0 Å². The zero-order valence-electron chi connectivity index (χ0n) is 13.0. The number of aryl methyl sites for hydroxylation is 2. The molecule has 0 saturated carbocycles. The van der Waals surface area contributed by atoms with Crippen LogP contribution in [0.3, 0.4) is 0 Å². The van der Waals surface area contributed by atoms with Crippen molar-refractivity contribution >= 4 is 15.8 Å². The summed E-state index contributed by atoms with van der Waals surface area (Å²) in [6.45, 7) is 5.73. The van der Waals surface area contributed by atoms with Crippen molar-refractivity contribution in [1.29, 1.82) is 0 Å². The lowest BCUT2D eigenvalue weighted by atomic mass is 10.0. The number of rotatable bonds is 7. The topological polar surface area (TPSA) is 72.5 Å². The van der Waals surface area contributed by atoms with Crippen molar-refractivity contribution in [2.24, 2.45) is 0 Å². The molecule has 0 aliphatic heterocycles.